The van der Waals surface area contributed by atoms with Crippen molar-refractivity contribution in [3.05, 3.63) is 11.9 Å². The maximum absolute atomic E-state index is 5.09. The number of hydrogen-bond donors (Lipinski definition) is 1. The van der Waals surface area contributed by atoms with Gasteiger partial charge in [-0.15, -0.1) is 0 Å². The van der Waals surface area contributed by atoms with Crippen molar-refractivity contribution in [1.82, 2.24) is 9.97 Å². The average molecular weight is 238 g/mol. The van der Waals surface area contributed by atoms with Gasteiger partial charge in [0.15, 0.2) is 0 Å². The minimum absolute atomic E-state index is 0.374. The molecule has 0 aliphatic heterocycles. The third-order valence-corrected chi connectivity index (χ3v) is 2.67. The van der Waals surface area contributed by atoms with Gasteiger partial charge in [0.05, 0.1) is 6.61 Å². The van der Waals surface area contributed by atoms with Gasteiger partial charge in [0.25, 0.3) is 0 Å². The average Bonchev–Trinajstić information content (AvgIpc) is 2.34. The Balaban J connectivity index is 3.05. The molecule has 0 aliphatic rings. The molecule has 5 nitrogen and oxygen atoms in total. The minimum atomic E-state index is 0.374. The molecule has 0 unspecified atom stereocenters. The van der Waals surface area contributed by atoms with Gasteiger partial charge in [-0.1, -0.05) is 13.8 Å². The highest BCUT2D eigenvalue weighted by Crippen LogP contribution is 2.29. The molecule has 0 amide bonds. The molecule has 0 aromatic carbocycles. The smallest absolute Gasteiger partial charge is 0.137 e. The van der Waals surface area contributed by atoms with Gasteiger partial charge >= 0.3 is 0 Å². The fourth-order valence-corrected chi connectivity index (χ4v) is 1.76. The number of anilines is 2. The van der Waals surface area contributed by atoms with E-state index in [1.807, 2.05) is 14.1 Å². The third kappa shape index (κ3) is 3.30. The Kier molecular flexibility index (Phi) is 5.15. The number of methoxy groups -OCH3 is 1. The molecule has 1 aromatic rings. The van der Waals surface area contributed by atoms with Crippen molar-refractivity contribution in [1.29, 1.82) is 0 Å². The van der Waals surface area contributed by atoms with Crippen LogP contribution >= 0.6 is 0 Å². The van der Waals surface area contributed by atoms with E-state index in [0.717, 1.165) is 23.7 Å². The zero-order chi connectivity index (χ0) is 12.8. The molecule has 0 radical (unpaired) electrons. The maximum Gasteiger partial charge on any atom is 0.137 e. The van der Waals surface area contributed by atoms with Crippen LogP contribution in [0, 0.1) is 0 Å². The quantitative estimate of drug-likeness (QED) is 0.818. The predicted molar refractivity (Wildman–Crippen MR) is 70.8 cm³/mol. The second-order valence-corrected chi connectivity index (χ2v) is 4.28. The highest BCUT2D eigenvalue weighted by Gasteiger charge is 2.16. The van der Waals surface area contributed by atoms with E-state index in [1.165, 1.54) is 0 Å². The van der Waals surface area contributed by atoms with Gasteiger partial charge in [-0.2, -0.15) is 0 Å². The molecular formula is C12H22N4O. The largest absolute Gasteiger partial charge is 0.383 e. The van der Waals surface area contributed by atoms with Crippen LogP contribution in [0.4, 0.5) is 11.6 Å². The Morgan fingerprint density at radius 2 is 2.12 bits per heavy atom. The van der Waals surface area contributed by atoms with E-state index in [9.17, 15) is 0 Å². The van der Waals surface area contributed by atoms with Crippen molar-refractivity contribution in [3.8, 4) is 0 Å². The lowest BCUT2D eigenvalue weighted by molar-refractivity contribution is 0.206. The summed E-state index contributed by atoms with van der Waals surface area (Å²) >= 11 is 0. The third-order valence-electron chi connectivity index (χ3n) is 2.67. The summed E-state index contributed by atoms with van der Waals surface area (Å²) < 4.78 is 5.09. The van der Waals surface area contributed by atoms with Crippen LogP contribution in [0.15, 0.2) is 6.33 Å². The van der Waals surface area contributed by atoms with E-state index >= 15 is 0 Å². The van der Waals surface area contributed by atoms with Crippen LogP contribution in [-0.2, 0) is 4.74 Å². The fraction of sp³-hybridized carbons (Fsp3) is 0.667. The molecule has 0 atom stereocenters. The lowest BCUT2D eigenvalue weighted by Gasteiger charge is -2.23. The van der Waals surface area contributed by atoms with E-state index in [2.05, 4.69) is 34.0 Å². The summed E-state index contributed by atoms with van der Waals surface area (Å²) in [6.07, 6.45) is 1.59. The lowest BCUT2D eigenvalue weighted by atomic mass is 10.0. The highest BCUT2D eigenvalue weighted by atomic mass is 16.5. The van der Waals surface area contributed by atoms with Crippen molar-refractivity contribution in [2.45, 2.75) is 19.8 Å². The summed E-state index contributed by atoms with van der Waals surface area (Å²) in [6, 6.07) is 0. The topological polar surface area (TPSA) is 50.3 Å². The molecule has 1 heterocycles. The molecule has 1 N–H and O–H groups in total. The first kappa shape index (κ1) is 13.7. The highest BCUT2D eigenvalue weighted by molar-refractivity contribution is 5.59. The summed E-state index contributed by atoms with van der Waals surface area (Å²) in [4.78, 5) is 10.7. The second kappa shape index (κ2) is 6.39. The van der Waals surface area contributed by atoms with Crippen LogP contribution in [0.25, 0.3) is 0 Å². The van der Waals surface area contributed by atoms with E-state index in [4.69, 9.17) is 4.74 Å². The summed E-state index contributed by atoms with van der Waals surface area (Å²) in [6.45, 7) is 5.80. The molecule has 0 bridgehead atoms. The van der Waals surface area contributed by atoms with Crippen LogP contribution in [0.2, 0.25) is 0 Å². The molecule has 0 saturated heterocycles. The summed E-state index contributed by atoms with van der Waals surface area (Å²) in [5.74, 6) is 2.24. The first-order valence-corrected chi connectivity index (χ1v) is 5.84. The van der Waals surface area contributed by atoms with Gasteiger partial charge < -0.3 is 15.0 Å². The maximum atomic E-state index is 5.09. The van der Waals surface area contributed by atoms with Crippen molar-refractivity contribution in [2.75, 3.05) is 44.6 Å². The van der Waals surface area contributed by atoms with Crippen LogP contribution in [0.3, 0.4) is 0 Å². The van der Waals surface area contributed by atoms with Crippen LogP contribution < -0.4 is 10.2 Å². The number of rotatable bonds is 6. The zero-order valence-corrected chi connectivity index (χ0v) is 11.3. The van der Waals surface area contributed by atoms with E-state index < -0.39 is 0 Å². The Bertz CT molecular complexity index is 354. The van der Waals surface area contributed by atoms with E-state index in [0.29, 0.717) is 12.5 Å². The summed E-state index contributed by atoms with van der Waals surface area (Å²) in [7, 11) is 5.61. The molecular weight excluding hydrogens is 216 g/mol. The summed E-state index contributed by atoms with van der Waals surface area (Å²) in [5, 5.41) is 3.12. The first-order valence-electron chi connectivity index (χ1n) is 5.84. The van der Waals surface area contributed by atoms with Gasteiger partial charge in [-0.05, 0) is 5.92 Å². The molecule has 0 fully saturated rings. The number of hydrogen-bond acceptors (Lipinski definition) is 5. The van der Waals surface area contributed by atoms with Gasteiger partial charge in [-0.3, -0.25) is 0 Å². The van der Waals surface area contributed by atoms with Gasteiger partial charge in [0.1, 0.15) is 18.0 Å². The number of nitrogens with one attached hydrogen (secondary N) is 1. The number of ether oxygens (including phenoxy) is 1. The fourth-order valence-electron chi connectivity index (χ4n) is 1.76. The monoisotopic (exact) mass is 238 g/mol. The van der Waals surface area contributed by atoms with Crippen LogP contribution in [-0.4, -0.2) is 44.3 Å². The zero-order valence-electron chi connectivity index (χ0n) is 11.3. The molecule has 0 aliphatic carbocycles. The number of likely N-dealkylation sites (N-methyl/N-ethyl adjacent to an activating group) is 1. The Morgan fingerprint density at radius 3 is 2.65 bits per heavy atom. The van der Waals surface area contributed by atoms with Crippen LogP contribution in [0.5, 0.6) is 0 Å². The second-order valence-electron chi connectivity index (χ2n) is 4.28. The standard InChI is InChI=1S/C12H22N4O/c1-9(2)10-11(13-3)14-8-15-12(10)16(4)6-7-17-5/h8-9H,6-7H2,1-5H3,(H,13,14,15). The normalized spacial score (nSPS) is 10.7. The molecule has 17 heavy (non-hydrogen) atoms. The van der Waals surface area contributed by atoms with E-state index in [1.54, 1.807) is 13.4 Å². The van der Waals surface area contributed by atoms with Crippen LogP contribution in [0.1, 0.15) is 25.3 Å². The Hall–Kier alpha value is -1.36. The Morgan fingerprint density at radius 1 is 1.41 bits per heavy atom. The minimum Gasteiger partial charge on any atom is -0.383 e. The van der Waals surface area contributed by atoms with Gasteiger partial charge in [0, 0.05) is 33.3 Å². The molecule has 96 valence electrons. The lowest BCUT2D eigenvalue weighted by Crippen LogP contribution is -2.25. The molecule has 0 spiro atoms. The molecule has 1 aromatic heterocycles. The SMILES string of the molecule is CNc1ncnc(N(C)CCOC)c1C(C)C. The van der Waals surface area contributed by atoms with Crippen molar-refractivity contribution in [2.24, 2.45) is 0 Å². The summed E-state index contributed by atoms with van der Waals surface area (Å²) in [5.41, 5.74) is 1.15. The van der Waals surface area contributed by atoms with Gasteiger partial charge in [0.2, 0.25) is 0 Å². The van der Waals surface area contributed by atoms with Crippen molar-refractivity contribution >= 4 is 11.6 Å². The Labute approximate surface area is 103 Å². The van der Waals surface area contributed by atoms with Crippen molar-refractivity contribution in [3.63, 3.8) is 0 Å². The first-order chi connectivity index (χ1) is 8.11. The number of nitrogens with zero attached hydrogens (tertiary/aromatic N) is 3. The van der Waals surface area contributed by atoms with Crippen molar-refractivity contribution < 1.29 is 4.74 Å². The van der Waals surface area contributed by atoms with Gasteiger partial charge in [-0.25, -0.2) is 9.97 Å². The van der Waals surface area contributed by atoms with E-state index in [-0.39, 0.29) is 0 Å². The predicted octanol–water partition coefficient (Wildman–Crippen LogP) is 1.72. The molecule has 5 heteroatoms. The number of aromatic nitrogens is 2. The molecule has 0 saturated carbocycles. The molecule has 1 rings (SSSR count).